The number of hydrogen-bond acceptors (Lipinski definition) is 4. The van der Waals surface area contributed by atoms with Crippen molar-refractivity contribution in [3.05, 3.63) is 29.8 Å². The number of rotatable bonds is 5. The number of nitrogens with zero attached hydrogens (tertiary/aromatic N) is 1. The van der Waals surface area contributed by atoms with Gasteiger partial charge in [-0.05, 0) is 56.1 Å². The van der Waals surface area contributed by atoms with Gasteiger partial charge in [0.05, 0.1) is 25.0 Å². The number of thiocarbonyl (C=S) groups is 1. The highest BCUT2D eigenvalue weighted by Crippen LogP contribution is 2.21. The molecule has 3 rings (SSSR count). The molecule has 2 fully saturated rings. The summed E-state index contributed by atoms with van der Waals surface area (Å²) in [4.78, 5) is 13.7. The molecule has 124 valence electrons. The Morgan fingerprint density at radius 3 is 3.00 bits per heavy atom. The lowest BCUT2D eigenvalue weighted by atomic mass is 10.1. The summed E-state index contributed by atoms with van der Waals surface area (Å²) < 4.78 is 11.4. The number of anilines is 1. The number of carbonyl (C=O) groups excluding carboxylic acids is 1. The molecule has 0 saturated carbocycles. The topological polar surface area (TPSA) is 50.8 Å². The highest BCUT2D eigenvalue weighted by Gasteiger charge is 2.33. The van der Waals surface area contributed by atoms with Crippen LogP contribution in [0.5, 0.6) is 0 Å². The van der Waals surface area contributed by atoms with E-state index in [9.17, 15) is 4.79 Å². The van der Waals surface area contributed by atoms with Crippen LogP contribution >= 0.6 is 12.2 Å². The number of nitrogens with one attached hydrogen (secondary N) is 1. The van der Waals surface area contributed by atoms with E-state index in [-0.39, 0.29) is 18.1 Å². The van der Waals surface area contributed by atoms with Crippen LogP contribution in [0, 0.1) is 0 Å². The first-order chi connectivity index (χ1) is 11.1. The SMILES string of the molecule is C[C@@H]1NC(=S)N(c2cccc(COC[C@@H]3CCCCO3)c2)C1=O. The summed E-state index contributed by atoms with van der Waals surface area (Å²) in [5.41, 5.74) is 1.81. The minimum absolute atomic E-state index is 0.0244. The van der Waals surface area contributed by atoms with Crippen LogP contribution in [0.3, 0.4) is 0 Å². The highest BCUT2D eigenvalue weighted by atomic mass is 32.1. The molecule has 5 nitrogen and oxygen atoms in total. The molecule has 2 saturated heterocycles. The second-order valence-electron chi connectivity index (χ2n) is 6.02. The van der Waals surface area contributed by atoms with Crippen molar-refractivity contribution >= 4 is 28.9 Å². The number of hydrogen-bond donors (Lipinski definition) is 1. The predicted octanol–water partition coefficient (Wildman–Crippen LogP) is 2.38. The van der Waals surface area contributed by atoms with Gasteiger partial charge >= 0.3 is 0 Å². The van der Waals surface area contributed by atoms with Gasteiger partial charge < -0.3 is 14.8 Å². The molecule has 1 aromatic rings. The van der Waals surface area contributed by atoms with Crippen molar-refractivity contribution in [2.45, 2.75) is 44.9 Å². The summed E-state index contributed by atoms with van der Waals surface area (Å²) >= 11 is 5.24. The molecular weight excluding hydrogens is 312 g/mol. The minimum atomic E-state index is -0.272. The Morgan fingerprint density at radius 2 is 2.30 bits per heavy atom. The Labute approximate surface area is 141 Å². The van der Waals surface area contributed by atoms with Crippen molar-refractivity contribution in [1.29, 1.82) is 0 Å². The van der Waals surface area contributed by atoms with Gasteiger partial charge in [-0.15, -0.1) is 0 Å². The van der Waals surface area contributed by atoms with Crippen LogP contribution in [-0.4, -0.2) is 36.4 Å². The van der Waals surface area contributed by atoms with Gasteiger partial charge in [-0.2, -0.15) is 0 Å². The van der Waals surface area contributed by atoms with Crippen LogP contribution in [-0.2, 0) is 20.9 Å². The van der Waals surface area contributed by atoms with E-state index in [0.29, 0.717) is 18.3 Å². The van der Waals surface area contributed by atoms with Gasteiger partial charge in [-0.25, -0.2) is 0 Å². The molecule has 6 heteroatoms. The Hall–Kier alpha value is -1.50. The van der Waals surface area contributed by atoms with Gasteiger partial charge in [0.15, 0.2) is 5.11 Å². The third-order valence-electron chi connectivity index (χ3n) is 4.15. The number of amides is 1. The van der Waals surface area contributed by atoms with Gasteiger partial charge in [0.25, 0.3) is 5.91 Å². The second-order valence-corrected chi connectivity index (χ2v) is 6.41. The Balaban J connectivity index is 1.59. The van der Waals surface area contributed by atoms with Crippen molar-refractivity contribution in [3.8, 4) is 0 Å². The molecule has 2 aliphatic heterocycles. The molecule has 0 bridgehead atoms. The van der Waals surface area contributed by atoms with Crippen molar-refractivity contribution in [2.24, 2.45) is 0 Å². The van der Waals surface area contributed by atoms with E-state index in [1.165, 1.54) is 6.42 Å². The molecule has 1 amide bonds. The van der Waals surface area contributed by atoms with E-state index in [0.717, 1.165) is 30.7 Å². The van der Waals surface area contributed by atoms with E-state index < -0.39 is 0 Å². The Morgan fingerprint density at radius 1 is 1.43 bits per heavy atom. The van der Waals surface area contributed by atoms with Crippen molar-refractivity contribution in [1.82, 2.24) is 5.32 Å². The van der Waals surface area contributed by atoms with Crippen LogP contribution in [0.15, 0.2) is 24.3 Å². The zero-order valence-electron chi connectivity index (χ0n) is 13.3. The first-order valence-corrected chi connectivity index (χ1v) is 8.49. The summed E-state index contributed by atoms with van der Waals surface area (Å²) in [5, 5.41) is 3.44. The molecule has 0 aromatic heterocycles. The molecule has 2 atom stereocenters. The molecule has 0 spiro atoms. The third-order valence-corrected chi connectivity index (χ3v) is 4.45. The van der Waals surface area contributed by atoms with E-state index >= 15 is 0 Å². The lowest BCUT2D eigenvalue weighted by Gasteiger charge is -2.22. The molecule has 2 aliphatic rings. The number of carbonyl (C=O) groups is 1. The number of benzene rings is 1. The van der Waals surface area contributed by atoms with Gasteiger partial charge in [0, 0.05) is 6.61 Å². The first-order valence-electron chi connectivity index (χ1n) is 8.08. The van der Waals surface area contributed by atoms with Crippen molar-refractivity contribution in [2.75, 3.05) is 18.1 Å². The summed E-state index contributed by atoms with van der Waals surface area (Å²) in [5.74, 6) is -0.0244. The first kappa shape index (κ1) is 16.4. The van der Waals surface area contributed by atoms with Crippen LogP contribution in [0.4, 0.5) is 5.69 Å². The molecule has 23 heavy (non-hydrogen) atoms. The maximum Gasteiger partial charge on any atom is 0.255 e. The van der Waals surface area contributed by atoms with Crippen LogP contribution in [0.25, 0.3) is 0 Å². The standard InChI is InChI=1S/C17H22N2O3S/c1-12-16(20)19(17(23)18-12)14-6-4-5-13(9-14)10-21-11-15-7-2-3-8-22-15/h4-6,9,12,15H,2-3,7-8,10-11H2,1H3,(H,18,23)/t12-,15-/m0/s1. The van der Waals surface area contributed by atoms with Crippen molar-refractivity contribution in [3.63, 3.8) is 0 Å². The molecule has 1 N–H and O–H groups in total. The van der Waals surface area contributed by atoms with Crippen LogP contribution < -0.4 is 10.2 Å². The minimum Gasteiger partial charge on any atom is -0.376 e. The van der Waals surface area contributed by atoms with E-state index in [1.807, 2.05) is 31.2 Å². The summed E-state index contributed by atoms with van der Waals surface area (Å²) in [6, 6.07) is 7.48. The molecule has 2 heterocycles. The molecule has 1 aromatic carbocycles. The maximum absolute atomic E-state index is 12.2. The van der Waals surface area contributed by atoms with Gasteiger partial charge in [-0.3, -0.25) is 9.69 Å². The predicted molar refractivity (Wildman–Crippen MR) is 92.4 cm³/mol. The van der Waals surface area contributed by atoms with E-state index in [1.54, 1.807) is 4.90 Å². The average molecular weight is 334 g/mol. The van der Waals surface area contributed by atoms with Crippen molar-refractivity contribution < 1.29 is 14.3 Å². The summed E-state index contributed by atoms with van der Waals surface area (Å²) in [6.45, 7) is 3.77. The molecular formula is C17H22N2O3S. The quantitative estimate of drug-likeness (QED) is 0.838. The van der Waals surface area contributed by atoms with E-state index in [4.69, 9.17) is 21.7 Å². The van der Waals surface area contributed by atoms with Crippen LogP contribution in [0.1, 0.15) is 31.7 Å². The lowest BCUT2D eigenvalue weighted by Crippen LogP contribution is -2.30. The molecule has 0 radical (unpaired) electrons. The fraction of sp³-hybridized carbons (Fsp3) is 0.529. The average Bonchev–Trinajstić information content (AvgIpc) is 2.81. The molecule has 0 aliphatic carbocycles. The monoisotopic (exact) mass is 334 g/mol. The zero-order valence-corrected chi connectivity index (χ0v) is 14.1. The second kappa shape index (κ2) is 7.38. The molecule has 0 unspecified atom stereocenters. The smallest absolute Gasteiger partial charge is 0.255 e. The zero-order chi connectivity index (χ0) is 16.2. The Bertz CT molecular complexity index is 587. The largest absolute Gasteiger partial charge is 0.376 e. The van der Waals surface area contributed by atoms with Crippen LogP contribution in [0.2, 0.25) is 0 Å². The highest BCUT2D eigenvalue weighted by molar-refractivity contribution is 7.80. The Kier molecular flexibility index (Phi) is 5.25. The van der Waals surface area contributed by atoms with E-state index in [2.05, 4.69) is 5.32 Å². The van der Waals surface area contributed by atoms with Gasteiger partial charge in [0.1, 0.15) is 6.04 Å². The normalized spacial score (nSPS) is 24.8. The lowest BCUT2D eigenvalue weighted by molar-refractivity contribution is -0.117. The summed E-state index contributed by atoms with van der Waals surface area (Å²) in [7, 11) is 0. The fourth-order valence-corrected chi connectivity index (χ4v) is 3.25. The third kappa shape index (κ3) is 3.88. The fourth-order valence-electron chi connectivity index (χ4n) is 2.88. The van der Waals surface area contributed by atoms with Gasteiger partial charge in [0.2, 0.25) is 0 Å². The maximum atomic E-state index is 12.2. The summed E-state index contributed by atoms with van der Waals surface area (Å²) in [6.07, 6.45) is 3.64. The number of ether oxygens (including phenoxy) is 2. The van der Waals surface area contributed by atoms with Gasteiger partial charge in [-0.1, -0.05) is 12.1 Å².